The molecule has 0 aliphatic heterocycles. The van der Waals surface area contributed by atoms with Crippen LogP contribution in [0.4, 0.5) is 0 Å². The highest BCUT2D eigenvalue weighted by atomic mass is 14.6. The maximum atomic E-state index is 5.98. The molecule has 0 aliphatic carbocycles. The smallest absolute Gasteiger partial charge is 0.0408 e. The van der Waals surface area contributed by atoms with Gasteiger partial charge >= 0.3 is 0 Å². The first-order valence-corrected chi connectivity index (χ1v) is 4.46. The van der Waals surface area contributed by atoms with Crippen LogP contribution in [0.25, 0.3) is 0 Å². The molecule has 1 nitrogen and oxygen atoms in total. The van der Waals surface area contributed by atoms with E-state index in [2.05, 4.69) is 30.9 Å². The van der Waals surface area contributed by atoms with Crippen LogP contribution < -0.4 is 5.73 Å². The summed E-state index contributed by atoms with van der Waals surface area (Å²) in [7, 11) is 0. The van der Waals surface area contributed by atoms with E-state index in [1.807, 2.05) is 19.1 Å². The van der Waals surface area contributed by atoms with E-state index in [-0.39, 0.29) is 6.04 Å². The lowest BCUT2D eigenvalue weighted by Crippen LogP contribution is -2.10. The maximum absolute atomic E-state index is 5.98. The van der Waals surface area contributed by atoms with Gasteiger partial charge in [0.25, 0.3) is 0 Å². The fourth-order valence-electron chi connectivity index (χ4n) is 1.32. The standard InChI is InChI=1S/C12H15N/c1-3-4-9-12(13)11-8-6-5-7-10(11)2/h5-8,12H,9,13H2,1-2H3. The van der Waals surface area contributed by atoms with Gasteiger partial charge in [0.2, 0.25) is 0 Å². The molecule has 0 bridgehead atoms. The summed E-state index contributed by atoms with van der Waals surface area (Å²) in [5.41, 5.74) is 8.42. The minimum atomic E-state index is 0.0497. The third-order valence-electron chi connectivity index (χ3n) is 2.09. The normalized spacial score (nSPS) is 11.6. The summed E-state index contributed by atoms with van der Waals surface area (Å²) < 4.78 is 0. The number of benzene rings is 1. The van der Waals surface area contributed by atoms with Crippen molar-refractivity contribution in [1.82, 2.24) is 0 Å². The predicted octanol–water partition coefficient (Wildman–Crippen LogP) is 2.41. The van der Waals surface area contributed by atoms with Crippen LogP contribution >= 0.6 is 0 Å². The SMILES string of the molecule is CC#CCC(N)c1ccccc1C. The largest absolute Gasteiger partial charge is 0.323 e. The molecule has 1 unspecified atom stereocenters. The molecule has 0 amide bonds. The number of hydrogen-bond donors (Lipinski definition) is 1. The number of aryl methyl sites for hydroxylation is 1. The van der Waals surface area contributed by atoms with Crippen molar-refractivity contribution in [2.75, 3.05) is 0 Å². The molecule has 0 saturated heterocycles. The molecule has 68 valence electrons. The monoisotopic (exact) mass is 173 g/mol. The minimum Gasteiger partial charge on any atom is -0.323 e. The molecule has 0 aromatic heterocycles. The minimum absolute atomic E-state index is 0.0497. The van der Waals surface area contributed by atoms with E-state index in [0.29, 0.717) is 0 Å². The highest BCUT2D eigenvalue weighted by Gasteiger charge is 2.05. The van der Waals surface area contributed by atoms with Crippen molar-refractivity contribution in [1.29, 1.82) is 0 Å². The molecule has 1 atom stereocenters. The maximum Gasteiger partial charge on any atom is 0.0408 e. The number of hydrogen-bond acceptors (Lipinski definition) is 1. The third-order valence-corrected chi connectivity index (χ3v) is 2.09. The molecular weight excluding hydrogens is 158 g/mol. The summed E-state index contributed by atoms with van der Waals surface area (Å²) in [5, 5.41) is 0. The van der Waals surface area contributed by atoms with E-state index in [1.54, 1.807) is 0 Å². The summed E-state index contributed by atoms with van der Waals surface area (Å²) in [4.78, 5) is 0. The predicted molar refractivity (Wildman–Crippen MR) is 56.2 cm³/mol. The van der Waals surface area contributed by atoms with Gasteiger partial charge in [0.05, 0.1) is 0 Å². The molecule has 0 aliphatic rings. The van der Waals surface area contributed by atoms with Gasteiger partial charge in [-0.2, -0.15) is 0 Å². The zero-order valence-electron chi connectivity index (χ0n) is 8.17. The molecule has 1 aromatic carbocycles. The average Bonchev–Trinajstić information content (AvgIpc) is 2.15. The highest BCUT2D eigenvalue weighted by Crippen LogP contribution is 2.17. The molecule has 0 heterocycles. The van der Waals surface area contributed by atoms with Crippen LogP contribution in [0.5, 0.6) is 0 Å². The second kappa shape index (κ2) is 4.69. The molecular formula is C12H15N. The summed E-state index contributed by atoms with van der Waals surface area (Å²) >= 11 is 0. The van der Waals surface area contributed by atoms with Crippen LogP contribution in [-0.4, -0.2) is 0 Å². The lowest BCUT2D eigenvalue weighted by atomic mass is 10.00. The number of rotatable bonds is 2. The van der Waals surface area contributed by atoms with Gasteiger partial charge in [-0.15, -0.1) is 11.8 Å². The zero-order chi connectivity index (χ0) is 9.68. The lowest BCUT2D eigenvalue weighted by molar-refractivity contribution is 0.748. The first-order chi connectivity index (χ1) is 6.25. The summed E-state index contributed by atoms with van der Waals surface area (Å²) in [6.45, 7) is 3.92. The summed E-state index contributed by atoms with van der Waals surface area (Å²) in [6, 6.07) is 8.23. The lowest BCUT2D eigenvalue weighted by Gasteiger charge is -2.11. The van der Waals surface area contributed by atoms with Gasteiger partial charge in [0, 0.05) is 12.5 Å². The quantitative estimate of drug-likeness (QED) is 0.683. The van der Waals surface area contributed by atoms with E-state index in [4.69, 9.17) is 5.73 Å². The molecule has 0 fully saturated rings. The highest BCUT2D eigenvalue weighted by molar-refractivity contribution is 5.29. The van der Waals surface area contributed by atoms with Crippen LogP contribution in [0.3, 0.4) is 0 Å². The van der Waals surface area contributed by atoms with Crippen LogP contribution in [-0.2, 0) is 0 Å². The van der Waals surface area contributed by atoms with Gasteiger partial charge in [-0.1, -0.05) is 24.3 Å². The van der Waals surface area contributed by atoms with Crippen molar-refractivity contribution in [2.24, 2.45) is 5.73 Å². The fraction of sp³-hybridized carbons (Fsp3) is 0.333. The van der Waals surface area contributed by atoms with Gasteiger partial charge in [0.15, 0.2) is 0 Å². The third kappa shape index (κ3) is 2.61. The molecule has 1 rings (SSSR count). The van der Waals surface area contributed by atoms with E-state index >= 15 is 0 Å². The molecule has 2 N–H and O–H groups in total. The Morgan fingerprint density at radius 1 is 1.38 bits per heavy atom. The Labute approximate surface area is 80.0 Å². The van der Waals surface area contributed by atoms with Crippen LogP contribution in [0.2, 0.25) is 0 Å². The van der Waals surface area contributed by atoms with Gasteiger partial charge in [0.1, 0.15) is 0 Å². The fourth-order valence-corrected chi connectivity index (χ4v) is 1.32. The van der Waals surface area contributed by atoms with Crippen molar-refractivity contribution in [3.63, 3.8) is 0 Å². The summed E-state index contributed by atoms with van der Waals surface area (Å²) in [6.07, 6.45) is 0.737. The summed E-state index contributed by atoms with van der Waals surface area (Å²) in [5.74, 6) is 5.86. The van der Waals surface area contributed by atoms with E-state index in [9.17, 15) is 0 Å². The van der Waals surface area contributed by atoms with Crippen molar-refractivity contribution >= 4 is 0 Å². The van der Waals surface area contributed by atoms with E-state index in [0.717, 1.165) is 6.42 Å². The van der Waals surface area contributed by atoms with Crippen LogP contribution in [0.1, 0.15) is 30.5 Å². The first kappa shape index (κ1) is 9.83. The van der Waals surface area contributed by atoms with Crippen LogP contribution in [0, 0.1) is 18.8 Å². The number of nitrogens with two attached hydrogens (primary N) is 1. The molecule has 0 spiro atoms. The van der Waals surface area contributed by atoms with Crippen molar-refractivity contribution in [3.8, 4) is 11.8 Å². The van der Waals surface area contributed by atoms with Crippen molar-refractivity contribution in [3.05, 3.63) is 35.4 Å². The molecule has 0 saturated carbocycles. The molecule has 1 heteroatoms. The van der Waals surface area contributed by atoms with Crippen molar-refractivity contribution < 1.29 is 0 Å². The molecule has 0 radical (unpaired) electrons. The average molecular weight is 173 g/mol. The first-order valence-electron chi connectivity index (χ1n) is 4.46. The van der Waals surface area contributed by atoms with Gasteiger partial charge in [-0.3, -0.25) is 0 Å². The Hall–Kier alpha value is -1.26. The Balaban J connectivity index is 2.80. The Kier molecular flexibility index (Phi) is 3.54. The second-order valence-electron chi connectivity index (χ2n) is 3.09. The topological polar surface area (TPSA) is 26.0 Å². The van der Waals surface area contributed by atoms with Gasteiger partial charge in [-0.05, 0) is 25.0 Å². The second-order valence-corrected chi connectivity index (χ2v) is 3.09. The van der Waals surface area contributed by atoms with E-state index in [1.165, 1.54) is 11.1 Å². The van der Waals surface area contributed by atoms with Crippen LogP contribution in [0.15, 0.2) is 24.3 Å². The van der Waals surface area contributed by atoms with Gasteiger partial charge in [-0.25, -0.2) is 0 Å². The van der Waals surface area contributed by atoms with Crippen molar-refractivity contribution in [2.45, 2.75) is 26.3 Å². The van der Waals surface area contributed by atoms with Gasteiger partial charge < -0.3 is 5.73 Å². The van der Waals surface area contributed by atoms with E-state index < -0.39 is 0 Å². The zero-order valence-corrected chi connectivity index (χ0v) is 8.17. The Morgan fingerprint density at radius 3 is 2.69 bits per heavy atom. The Bertz CT molecular complexity index is 330. The molecule has 13 heavy (non-hydrogen) atoms. The molecule has 1 aromatic rings. The Morgan fingerprint density at radius 2 is 2.08 bits per heavy atom.